The molecule has 0 heterocycles. The zero-order valence-corrected chi connectivity index (χ0v) is 12.6. The van der Waals surface area contributed by atoms with Gasteiger partial charge in [0.15, 0.2) is 0 Å². The number of amides is 1. The fraction of sp³-hybridized carbons (Fsp3) is 0.846. The van der Waals surface area contributed by atoms with E-state index in [4.69, 9.17) is 16.2 Å². The third-order valence-electron chi connectivity index (χ3n) is 2.79. The average Bonchev–Trinajstić information content (AvgIpc) is 2.20. The summed E-state index contributed by atoms with van der Waals surface area (Å²) in [6.07, 6.45) is -0.188. The summed E-state index contributed by atoms with van der Waals surface area (Å²) < 4.78 is 5.07. The van der Waals surface area contributed by atoms with Crippen LogP contribution in [0.15, 0.2) is 0 Å². The van der Waals surface area contributed by atoms with Crippen molar-refractivity contribution in [3.8, 4) is 0 Å². The van der Waals surface area contributed by atoms with Gasteiger partial charge in [-0.05, 0) is 34.6 Å². The number of esters is 1. The van der Waals surface area contributed by atoms with Crippen molar-refractivity contribution in [2.24, 2.45) is 11.5 Å². The Bertz CT molecular complexity index is 311. The summed E-state index contributed by atoms with van der Waals surface area (Å²) in [5.74, 6) is -1.20. The Kier molecular flexibility index (Phi) is 7.00. The maximum Gasteiger partial charge on any atom is 0.323 e. The molecule has 0 aromatic rings. The Balaban J connectivity index is 4.20. The van der Waals surface area contributed by atoms with Crippen LogP contribution in [0.2, 0.25) is 0 Å². The molecule has 0 radical (unpaired) electrons. The number of nitrogens with zero attached hydrogens (tertiary/aromatic N) is 1. The van der Waals surface area contributed by atoms with Crippen molar-refractivity contribution in [3.63, 3.8) is 0 Å². The minimum Gasteiger partial charge on any atom is -0.463 e. The number of primary amides is 1. The van der Waals surface area contributed by atoms with Crippen LogP contribution in [0.3, 0.4) is 0 Å². The lowest BCUT2D eigenvalue weighted by molar-refractivity contribution is -0.147. The van der Waals surface area contributed by atoms with E-state index >= 15 is 0 Å². The number of carbonyl (C=O) groups is 2. The number of hydrogen-bond donors (Lipinski definition) is 2. The first-order valence-electron chi connectivity index (χ1n) is 6.53. The third kappa shape index (κ3) is 7.12. The highest BCUT2D eigenvalue weighted by Crippen LogP contribution is 2.16. The minimum atomic E-state index is -0.973. The van der Waals surface area contributed by atoms with Crippen LogP contribution in [-0.2, 0) is 14.3 Å². The van der Waals surface area contributed by atoms with Crippen molar-refractivity contribution >= 4 is 11.9 Å². The van der Waals surface area contributed by atoms with Crippen LogP contribution < -0.4 is 11.5 Å². The first-order valence-corrected chi connectivity index (χ1v) is 6.53. The number of hydrogen-bond acceptors (Lipinski definition) is 5. The number of carbonyl (C=O) groups excluding carboxylic acids is 2. The molecule has 0 fully saturated rings. The Hall–Kier alpha value is -1.14. The Morgan fingerprint density at radius 1 is 1.26 bits per heavy atom. The summed E-state index contributed by atoms with van der Waals surface area (Å²) in [6.45, 7) is 11.4. The first kappa shape index (κ1) is 17.9. The van der Waals surface area contributed by atoms with Gasteiger partial charge in [-0.3, -0.25) is 14.5 Å². The molecule has 4 N–H and O–H groups in total. The smallest absolute Gasteiger partial charge is 0.323 e. The molecule has 0 aliphatic heterocycles. The number of ether oxygens (including phenoxy) is 1. The van der Waals surface area contributed by atoms with Crippen molar-refractivity contribution in [1.29, 1.82) is 0 Å². The van der Waals surface area contributed by atoms with Gasteiger partial charge in [0.2, 0.25) is 5.91 Å². The van der Waals surface area contributed by atoms with Crippen molar-refractivity contribution in [1.82, 2.24) is 4.90 Å². The molecule has 1 unspecified atom stereocenters. The Morgan fingerprint density at radius 2 is 1.79 bits per heavy atom. The second-order valence-corrected chi connectivity index (χ2v) is 5.90. The first-order chi connectivity index (χ1) is 8.55. The molecule has 0 aliphatic rings. The molecular formula is C13H27N3O3. The maximum absolute atomic E-state index is 11.5. The highest BCUT2D eigenvalue weighted by Gasteiger charge is 2.24. The van der Waals surface area contributed by atoms with E-state index in [0.717, 1.165) is 0 Å². The molecule has 112 valence electrons. The lowest BCUT2D eigenvalue weighted by Gasteiger charge is -2.38. The van der Waals surface area contributed by atoms with E-state index in [1.165, 1.54) is 0 Å². The predicted octanol–water partition coefficient (Wildman–Crippen LogP) is 0.241. The van der Waals surface area contributed by atoms with E-state index in [2.05, 4.69) is 39.5 Å². The van der Waals surface area contributed by atoms with E-state index in [9.17, 15) is 9.59 Å². The molecule has 6 heteroatoms. The third-order valence-corrected chi connectivity index (χ3v) is 2.79. The predicted molar refractivity (Wildman–Crippen MR) is 74.3 cm³/mol. The molecule has 1 atom stereocenters. The van der Waals surface area contributed by atoms with Gasteiger partial charge in [-0.2, -0.15) is 0 Å². The number of rotatable bonds is 7. The van der Waals surface area contributed by atoms with Gasteiger partial charge < -0.3 is 16.2 Å². The van der Waals surface area contributed by atoms with Gasteiger partial charge in [-0.15, -0.1) is 0 Å². The topological polar surface area (TPSA) is 98.7 Å². The van der Waals surface area contributed by atoms with Crippen molar-refractivity contribution in [2.45, 2.75) is 58.7 Å². The molecule has 0 aromatic carbocycles. The van der Waals surface area contributed by atoms with E-state index in [0.29, 0.717) is 12.6 Å². The SMILES string of the molecule is CC(C)N(CCOC(=O)C(N)CC(N)=O)C(C)(C)C. The second-order valence-electron chi connectivity index (χ2n) is 5.90. The van der Waals surface area contributed by atoms with Crippen LogP contribution >= 0.6 is 0 Å². The van der Waals surface area contributed by atoms with Crippen molar-refractivity contribution in [3.05, 3.63) is 0 Å². The molecule has 19 heavy (non-hydrogen) atoms. The standard InChI is InChI=1S/C13H27N3O3/c1-9(2)16(13(3,4)5)6-7-19-12(18)10(14)8-11(15)17/h9-10H,6-8,14H2,1-5H3,(H2,15,17). The molecule has 0 saturated heterocycles. The van der Waals surface area contributed by atoms with Crippen LogP contribution in [-0.4, -0.2) is 47.6 Å². The van der Waals surface area contributed by atoms with Gasteiger partial charge in [0.05, 0.1) is 6.42 Å². The number of nitrogens with two attached hydrogens (primary N) is 2. The summed E-state index contributed by atoms with van der Waals surface area (Å²) >= 11 is 0. The minimum absolute atomic E-state index is 0.00405. The molecule has 0 aromatic heterocycles. The molecular weight excluding hydrogens is 246 g/mol. The summed E-state index contributed by atoms with van der Waals surface area (Å²) in [5, 5.41) is 0. The van der Waals surface area contributed by atoms with Gasteiger partial charge in [0, 0.05) is 18.1 Å². The summed E-state index contributed by atoms with van der Waals surface area (Å²) in [7, 11) is 0. The van der Waals surface area contributed by atoms with Gasteiger partial charge >= 0.3 is 5.97 Å². The summed E-state index contributed by atoms with van der Waals surface area (Å²) in [5.41, 5.74) is 10.5. The highest BCUT2D eigenvalue weighted by atomic mass is 16.5. The fourth-order valence-corrected chi connectivity index (χ4v) is 2.02. The van der Waals surface area contributed by atoms with Crippen LogP contribution in [0.1, 0.15) is 41.0 Å². The van der Waals surface area contributed by atoms with Crippen molar-refractivity contribution < 1.29 is 14.3 Å². The molecule has 0 saturated carbocycles. The van der Waals surface area contributed by atoms with Crippen LogP contribution in [0.5, 0.6) is 0 Å². The molecule has 1 amide bonds. The van der Waals surface area contributed by atoms with E-state index < -0.39 is 17.9 Å². The van der Waals surface area contributed by atoms with E-state index in [1.807, 2.05) is 0 Å². The molecule has 0 bridgehead atoms. The maximum atomic E-state index is 11.5. The highest BCUT2D eigenvalue weighted by molar-refractivity contribution is 5.84. The Labute approximate surface area is 115 Å². The van der Waals surface area contributed by atoms with Crippen molar-refractivity contribution in [2.75, 3.05) is 13.2 Å². The quantitative estimate of drug-likeness (QED) is 0.647. The average molecular weight is 273 g/mol. The molecule has 0 rings (SSSR count). The van der Waals surface area contributed by atoms with Crippen LogP contribution in [0.4, 0.5) is 0 Å². The molecule has 6 nitrogen and oxygen atoms in total. The van der Waals surface area contributed by atoms with E-state index in [-0.39, 0.29) is 18.6 Å². The monoisotopic (exact) mass is 273 g/mol. The van der Waals surface area contributed by atoms with Gasteiger partial charge in [-0.1, -0.05) is 0 Å². The lowest BCUT2D eigenvalue weighted by Crippen LogP contribution is -2.48. The largest absolute Gasteiger partial charge is 0.463 e. The van der Waals surface area contributed by atoms with Gasteiger partial charge in [0.25, 0.3) is 0 Å². The fourth-order valence-electron chi connectivity index (χ4n) is 2.02. The van der Waals surface area contributed by atoms with Crippen LogP contribution in [0.25, 0.3) is 0 Å². The summed E-state index contributed by atoms with van der Waals surface area (Å²) in [4.78, 5) is 24.4. The second kappa shape index (κ2) is 7.45. The normalized spacial score (nSPS) is 13.7. The lowest BCUT2D eigenvalue weighted by atomic mass is 10.0. The van der Waals surface area contributed by atoms with E-state index in [1.54, 1.807) is 0 Å². The molecule has 0 spiro atoms. The Morgan fingerprint density at radius 3 is 2.16 bits per heavy atom. The van der Waals surface area contributed by atoms with Crippen LogP contribution in [0, 0.1) is 0 Å². The zero-order valence-electron chi connectivity index (χ0n) is 12.6. The zero-order chi connectivity index (χ0) is 15.2. The molecule has 0 aliphatic carbocycles. The van der Waals surface area contributed by atoms with Gasteiger partial charge in [0.1, 0.15) is 12.6 Å². The summed E-state index contributed by atoms with van der Waals surface area (Å²) in [6, 6.07) is -0.627. The van der Waals surface area contributed by atoms with Gasteiger partial charge in [-0.25, -0.2) is 0 Å².